The molecule has 2 aliphatic heterocycles. The number of benzene rings is 2. The van der Waals surface area contributed by atoms with Crippen molar-refractivity contribution in [3.05, 3.63) is 64.9 Å². The Morgan fingerprint density at radius 3 is 2.16 bits per heavy atom. The van der Waals surface area contributed by atoms with Crippen LogP contribution in [0.25, 0.3) is 5.57 Å². The predicted molar refractivity (Wildman–Crippen MR) is 127 cm³/mol. The number of imide groups is 1. The lowest BCUT2D eigenvalue weighted by Gasteiger charge is -2.34. The Hall–Kier alpha value is -3.12. The van der Waals surface area contributed by atoms with Crippen molar-refractivity contribution in [1.29, 1.82) is 0 Å². The van der Waals surface area contributed by atoms with Gasteiger partial charge in [0.2, 0.25) is 0 Å². The Morgan fingerprint density at radius 2 is 1.53 bits per heavy atom. The van der Waals surface area contributed by atoms with Gasteiger partial charge in [0.15, 0.2) is 0 Å². The first-order chi connectivity index (χ1) is 15.3. The van der Waals surface area contributed by atoms with Crippen LogP contribution in [-0.4, -0.2) is 60.9 Å². The first-order valence-corrected chi connectivity index (χ1v) is 11.2. The summed E-state index contributed by atoms with van der Waals surface area (Å²) in [6, 6.07) is 13.3. The minimum Gasteiger partial charge on any atom is -0.491 e. The summed E-state index contributed by atoms with van der Waals surface area (Å²) in [6.07, 6.45) is 0.0652. The highest BCUT2D eigenvalue weighted by Gasteiger charge is 2.43. The van der Waals surface area contributed by atoms with E-state index in [9.17, 15) is 9.59 Å². The number of aryl methyl sites for hydroxylation is 2. The molecule has 2 aromatic carbocycles. The summed E-state index contributed by atoms with van der Waals surface area (Å²) in [7, 11) is 2.07. The zero-order valence-electron chi connectivity index (χ0n) is 19.5. The van der Waals surface area contributed by atoms with Crippen molar-refractivity contribution in [1.82, 2.24) is 9.80 Å². The molecule has 2 aromatic rings. The van der Waals surface area contributed by atoms with Gasteiger partial charge in [-0.3, -0.25) is 9.59 Å². The quantitative estimate of drug-likeness (QED) is 0.674. The van der Waals surface area contributed by atoms with E-state index in [1.165, 1.54) is 4.90 Å². The van der Waals surface area contributed by atoms with Crippen LogP contribution in [0.1, 0.15) is 30.5 Å². The van der Waals surface area contributed by atoms with Crippen LogP contribution in [0, 0.1) is 13.8 Å². The fraction of sp³-hybridized carbons (Fsp3) is 0.385. The Morgan fingerprint density at radius 1 is 0.875 bits per heavy atom. The van der Waals surface area contributed by atoms with E-state index in [-0.39, 0.29) is 17.9 Å². The topological polar surface area (TPSA) is 53.1 Å². The summed E-state index contributed by atoms with van der Waals surface area (Å²) in [5, 5.41) is 0. The molecule has 2 amide bonds. The maximum atomic E-state index is 13.7. The van der Waals surface area contributed by atoms with Crippen LogP contribution in [0.15, 0.2) is 48.2 Å². The van der Waals surface area contributed by atoms with Crippen molar-refractivity contribution >= 4 is 23.1 Å². The van der Waals surface area contributed by atoms with E-state index in [1.807, 2.05) is 70.2 Å². The van der Waals surface area contributed by atoms with Crippen molar-refractivity contribution in [2.24, 2.45) is 0 Å². The lowest BCUT2D eigenvalue weighted by molar-refractivity contribution is -0.120. The molecular formula is C26H31N3O3. The van der Waals surface area contributed by atoms with E-state index in [4.69, 9.17) is 4.74 Å². The lowest BCUT2D eigenvalue weighted by Crippen LogP contribution is -2.46. The molecule has 1 fully saturated rings. The molecule has 1 saturated heterocycles. The van der Waals surface area contributed by atoms with Crippen LogP contribution in [-0.2, 0) is 9.59 Å². The van der Waals surface area contributed by atoms with Crippen molar-refractivity contribution in [3.8, 4) is 5.75 Å². The third-order valence-electron chi connectivity index (χ3n) is 6.00. The van der Waals surface area contributed by atoms with Crippen LogP contribution in [0.4, 0.5) is 5.69 Å². The number of carbonyl (C=O) groups is 2. The summed E-state index contributed by atoms with van der Waals surface area (Å²) in [4.78, 5) is 33.1. The van der Waals surface area contributed by atoms with E-state index in [2.05, 4.69) is 16.8 Å². The van der Waals surface area contributed by atoms with Gasteiger partial charge in [-0.05, 0) is 69.6 Å². The fourth-order valence-corrected chi connectivity index (χ4v) is 4.25. The number of piperazine rings is 1. The summed E-state index contributed by atoms with van der Waals surface area (Å²) in [5.74, 6) is 0.231. The summed E-state index contributed by atoms with van der Waals surface area (Å²) in [5.41, 5.74) is 4.27. The maximum absolute atomic E-state index is 13.7. The molecule has 4 rings (SSSR count). The normalized spacial score (nSPS) is 17.7. The van der Waals surface area contributed by atoms with Gasteiger partial charge in [-0.1, -0.05) is 24.3 Å². The largest absolute Gasteiger partial charge is 0.491 e. The molecule has 0 unspecified atom stereocenters. The van der Waals surface area contributed by atoms with Gasteiger partial charge in [-0.25, -0.2) is 4.90 Å². The molecule has 0 spiro atoms. The smallest absolute Gasteiger partial charge is 0.282 e. The number of ether oxygens (including phenoxy) is 1. The molecule has 0 aliphatic carbocycles. The van der Waals surface area contributed by atoms with Gasteiger partial charge in [0.1, 0.15) is 11.4 Å². The van der Waals surface area contributed by atoms with E-state index >= 15 is 0 Å². The fourth-order valence-electron chi connectivity index (χ4n) is 4.25. The van der Waals surface area contributed by atoms with Crippen molar-refractivity contribution < 1.29 is 14.3 Å². The predicted octanol–water partition coefficient (Wildman–Crippen LogP) is 3.62. The first kappa shape index (κ1) is 22.1. The molecule has 2 heterocycles. The molecule has 32 heavy (non-hydrogen) atoms. The van der Waals surface area contributed by atoms with Crippen LogP contribution in [0.2, 0.25) is 0 Å². The Balaban J connectivity index is 1.79. The number of hydrogen-bond donors (Lipinski definition) is 0. The highest BCUT2D eigenvalue weighted by Crippen LogP contribution is 2.37. The minimum atomic E-state index is -0.268. The zero-order valence-corrected chi connectivity index (χ0v) is 19.5. The second-order valence-corrected chi connectivity index (χ2v) is 8.94. The van der Waals surface area contributed by atoms with Gasteiger partial charge in [0.25, 0.3) is 11.8 Å². The Bertz CT molecular complexity index is 1060. The molecule has 0 N–H and O–H groups in total. The Kier molecular flexibility index (Phi) is 6.07. The number of hydrogen-bond acceptors (Lipinski definition) is 5. The van der Waals surface area contributed by atoms with Crippen LogP contribution in [0.3, 0.4) is 0 Å². The van der Waals surface area contributed by atoms with Gasteiger partial charge >= 0.3 is 0 Å². The number of nitrogens with zero attached hydrogens (tertiary/aromatic N) is 3. The number of anilines is 1. The molecule has 0 atom stereocenters. The second kappa shape index (κ2) is 8.79. The molecule has 0 saturated carbocycles. The van der Waals surface area contributed by atoms with E-state index in [1.54, 1.807) is 0 Å². The molecule has 0 radical (unpaired) electrons. The van der Waals surface area contributed by atoms with Gasteiger partial charge in [0, 0.05) is 26.2 Å². The zero-order chi connectivity index (χ0) is 23.0. The van der Waals surface area contributed by atoms with Crippen molar-refractivity contribution in [2.75, 3.05) is 38.1 Å². The molecule has 6 heteroatoms. The standard InChI is InChI=1S/C26H31N3O3/c1-17(2)32-21-10-8-20(9-11-21)23-24(28-14-12-27(5)13-15-28)26(31)29(25(23)30)22-16-18(3)6-7-19(22)4/h6-11,16-17H,12-15H2,1-5H3. The third kappa shape index (κ3) is 4.15. The van der Waals surface area contributed by atoms with Crippen LogP contribution in [0.5, 0.6) is 5.75 Å². The third-order valence-corrected chi connectivity index (χ3v) is 6.00. The van der Waals surface area contributed by atoms with Crippen molar-refractivity contribution in [2.45, 2.75) is 33.8 Å². The highest BCUT2D eigenvalue weighted by atomic mass is 16.5. The number of amides is 2. The molecular weight excluding hydrogens is 402 g/mol. The molecule has 6 nitrogen and oxygen atoms in total. The average molecular weight is 434 g/mol. The number of rotatable bonds is 5. The van der Waals surface area contributed by atoms with E-state index < -0.39 is 0 Å². The van der Waals surface area contributed by atoms with Gasteiger partial charge in [0.05, 0.1) is 17.4 Å². The molecule has 168 valence electrons. The molecule has 0 bridgehead atoms. The molecule has 0 aromatic heterocycles. The van der Waals surface area contributed by atoms with Crippen LogP contribution >= 0.6 is 0 Å². The van der Waals surface area contributed by atoms with Gasteiger partial charge < -0.3 is 14.5 Å². The Labute approximate surface area is 190 Å². The average Bonchev–Trinajstić information content (AvgIpc) is 3.01. The number of likely N-dealkylation sites (N-methyl/N-ethyl adjacent to an activating group) is 1. The first-order valence-electron chi connectivity index (χ1n) is 11.2. The molecule has 2 aliphatic rings. The minimum absolute atomic E-state index is 0.0652. The van der Waals surface area contributed by atoms with Gasteiger partial charge in [-0.2, -0.15) is 0 Å². The summed E-state index contributed by atoms with van der Waals surface area (Å²) >= 11 is 0. The SMILES string of the molecule is Cc1ccc(C)c(N2C(=O)C(c3ccc(OC(C)C)cc3)=C(N3CCN(C)CC3)C2=O)c1. The number of carbonyl (C=O) groups excluding carboxylic acids is 2. The van der Waals surface area contributed by atoms with Crippen LogP contribution < -0.4 is 9.64 Å². The lowest BCUT2D eigenvalue weighted by atomic mass is 10.0. The van der Waals surface area contributed by atoms with E-state index in [0.717, 1.165) is 35.5 Å². The summed E-state index contributed by atoms with van der Waals surface area (Å²) < 4.78 is 5.76. The van der Waals surface area contributed by atoms with Gasteiger partial charge in [-0.15, -0.1) is 0 Å². The van der Waals surface area contributed by atoms with Crippen molar-refractivity contribution in [3.63, 3.8) is 0 Å². The summed E-state index contributed by atoms with van der Waals surface area (Å²) in [6.45, 7) is 11.0. The second-order valence-electron chi connectivity index (χ2n) is 8.94. The monoisotopic (exact) mass is 433 g/mol. The highest BCUT2D eigenvalue weighted by molar-refractivity contribution is 6.45. The van der Waals surface area contributed by atoms with E-state index in [0.29, 0.717) is 30.0 Å². The maximum Gasteiger partial charge on any atom is 0.282 e.